The molecule has 1 heterocycles. The number of hydrogen-bond acceptors (Lipinski definition) is 4. The fourth-order valence-corrected chi connectivity index (χ4v) is 2.42. The number of ether oxygens (including phenoxy) is 2. The molecule has 2 unspecified atom stereocenters. The molecule has 1 aromatic carbocycles. The van der Waals surface area contributed by atoms with Gasteiger partial charge in [0, 0.05) is 0 Å². The van der Waals surface area contributed by atoms with Gasteiger partial charge >= 0.3 is 0 Å². The van der Waals surface area contributed by atoms with E-state index in [0.717, 1.165) is 4.47 Å². The van der Waals surface area contributed by atoms with E-state index in [2.05, 4.69) is 22.0 Å². The van der Waals surface area contributed by atoms with Gasteiger partial charge in [-0.05, 0) is 47.0 Å². The monoisotopic (exact) mass is 311 g/mol. The zero-order chi connectivity index (χ0) is 13.3. The number of aliphatic hydroxyl groups excluding tert-OH is 1. The molecule has 1 aliphatic rings. The summed E-state index contributed by atoms with van der Waals surface area (Å²) < 4.78 is 11.3. The molecule has 0 fully saturated rings. The number of halogens is 1. The van der Waals surface area contributed by atoms with Gasteiger partial charge in [-0.1, -0.05) is 6.92 Å². The predicted molar refractivity (Wildman–Crippen MR) is 69.2 cm³/mol. The minimum absolute atomic E-state index is 0.177. The quantitative estimate of drug-likeness (QED) is 0.931. The van der Waals surface area contributed by atoms with E-state index in [9.17, 15) is 10.4 Å². The molecule has 1 aliphatic heterocycles. The molecule has 0 amide bonds. The van der Waals surface area contributed by atoms with Crippen molar-refractivity contribution in [2.45, 2.75) is 26.4 Å². The molecular weight excluding hydrogens is 298 g/mol. The van der Waals surface area contributed by atoms with E-state index >= 15 is 0 Å². The van der Waals surface area contributed by atoms with Gasteiger partial charge in [0.05, 0.1) is 22.1 Å². The predicted octanol–water partition coefficient (Wildman–Crippen LogP) is 3.15. The van der Waals surface area contributed by atoms with Crippen LogP contribution in [0.1, 0.15) is 31.9 Å². The van der Waals surface area contributed by atoms with E-state index < -0.39 is 11.5 Å². The molecule has 2 atom stereocenters. The summed E-state index contributed by atoms with van der Waals surface area (Å²) in [7, 11) is 0. The van der Waals surface area contributed by atoms with Crippen molar-refractivity contribution in [1.29, 1.82) is 5.26 Å². The van der Waals surface area contributed by atoms with Gasteiger partial charge in [0.15, 0.2) is 11.5 Å². The van der Waals surface area contributed by atoms with E-state index in [1.807, 2.05) is 6.92 Å². The number of rotatable bonds is 3. The van der Waals surface area contributed by atoms with Crippen molar-refractivity contribution in [3.63, 3.8) is 0 Å². The molecule has 0 bridgehead atoms. The van der Waals surface area contributed by atoms with Crippen LogP contribution in [0.5, 0.6) is 11.5 Å². The lowest BCUT2D eigenvalue weighted by atomic mass is 9.80. The maximum absolute atomic E-state index is 10.4. The second kappa shape index (κ2) is 4.79. The van der Waals surface area contributed by atoms with Gasteiger partial charge in [-0.25, -0.2) is 0 Å². The molecule has 4 nitrogen and oxygen atoms in total. The third-order valence-corrected chi connectivity index (χ3v) is 3.95. The summed E-state index contributed by atoms with van der Waals surface area (Å²) in [6, 6.07) is 5.67. The fraction of sp³-hybridized carbons (Fsp3) is 0.462. The summed E-state index contributed by atoms with van der Waals surface area (Å²) >= 11 is 3.38. The number of fused-ring (bicyclic) bond motifs is 1. The lowest BCUT2D eigenvalue weighted by Crippen LogP contribution is -2.23. The van der Waals surface area contributed by atoms with Crippen LogP contribution in [0.3, 0.4) is 0 Å². The van der Waals surface area contributed by atoms with Gasteiger partial charge in [-0.15, -0.1) is 0 Å². The molecule has 0 saturated heterocycles. The first-order valence-electron chi connectivity index (χ1n) is 5.70. The Morgan fingerprint density at radius 2 is 2.28 bits per heavy atom. The van der Waals surface area contributed by atoms with E-state index in [1.165, 1.54) is 0 Å². The van der Waals surface area contributed by atoms with Crippen LogP contribution in [0.4, 0.5) is 0 Å². The summed E-state index contributed by atoms with van der Waals surface area (Å²) in [6.07, 6.45) is -0.296. The summed E-state index contributed by atoms with van der Waals surface area (Å²) in [5.74, 6) is 1.23. The van der Waals surface area contributed by atoms with Gasteiger partial charge in [0.2, 0.25) is 6.79 Å². The minimum atomic E-state index is -0.863. The van der Waals surface area contributed by atoms with Crippen molar-refractivity contribution in [3.05, 3.63) is 22.2 Å². The first-order chi connectivity index (χ1) is 8.51. The summed E-state index contributed by atoms with van der Waals surface area (Å²) in [6.45, 7) is 3.81. The molecule has 0 radical (unpaired) electrons. The first kappa shape index (κ1) is 13.2. The van der Waals surface area contributed by atoms with E-state index in [-0.39, 0.29) is 6.79 Å². The Bertz CT molecular complexity index is 512. The van der Waals surface area contributed by atoms with Gasteiger partial charge in [-0.3, -0.25) is 0 Å². The number of aliphatic hydroxyl groups is 1. The zero-order valence-electron chi connectivity index (χ0n) is 10.2. The van der Waals surface area contributed by atoms with Crippen molar-refractivity contribution in [2.24, 2.45) is 5.41 Å². The van der Waals surface area contributed by atoms with Crippen molar-refractivity contribution < 1.29 is 14.6 Å². The molecule has 5 heteroatoms. The Labute approximate surface area is 114 Å². The van der Waals surface area contributed by atoms with Crippen molar-refractivity contribution in [1.82, 2.24) is 0 Å². The van der Waals surface area contributed by atoms with Crippen LogP contribution in [0.25, 0.3) is 0 Å². The Morgan fingerprint density at radius 3 is 2.89 bits per heavy atom. The molecule has 1 N–H and O–H groups in total. The fourth-order valence-electron chi connectivity index (χ4n) is 1.85. The minimum Gasteiger partial charge on any atom is -0.454 e. The molecule has 2 rings (SSSR count). The van der Waals surface area contributed by atoms with Crippen molar-refractivity contribution in [3.8, 4) is 17.6 Å². The number of nitriles is 1. The highest BCUT2D eigenvalue weighted by atomic mass is 79.9. The second-order valence-corrected chi connectivity index (χ2v) is 5.38. The molecule has 0 saturated carbocycles. The molecule has 1 aromatic rings. The van der Waals surface area contributed by atoms with Crippen LogP contribution < -0.4 is 9.47 Å². The van der Waals surface area contributed by atoms with Crippen molar-refractivity contribution in [2.75, 3.05) is 6.79 Å². The Balaban J connectivity index is 2.41. The number of nitrogens with zero attached hydrogens (tertiary/aromatic N) is 1. The standard InChI is InChI=1S/C13H14BrNO3/c1-3-13(2,6-15)12(16)8-4-9(14)11-10(5-8)17-7-18-11/h4-5,12,16H,3,7H2,1-2H3. The van der Waals surface area contributed by atoms with E-state index in [1.54, 1.807) is 19.1 Å². The van der Waals surface area contributed by atoms with Crippen LogP contribution in [-0.4, -0.2) is 11.9 Å². The topological polar surface area (TPSA) is 62.5 Å². The Morgan fingerprint density at radius 1 is 1.56 bits per heavy atom. The van der Waals surface area contributed by atoms with Gasteiger partial charge in [-0.2, -0.15) is 5.26 Å². The van der Waals surface area contributed by atoms with Gasteiger partial charge in [0.25, 0.3) is 0 Å². The Hall–Kier alpha value is -1.25. The molecule has 96 valence electrons. The first-order valence-corrected chi connectivity index (χ1v) is 6.49. The third-order valence-electron chi connectivity index (χ3n) is 3.36. The molecule has 0 aliphatic carbocycles. The summed E-state index contributed by atoms with van der Waals surface area (Å²) in [5, 5.41) is 19.6. The summed E-state index contributed by atoms with van der Waals surface area (Å²) in [4.78, 5) is 0. The maximum atomic E-state index is 10.4. The SMILES string of the molecule is CCC(C)(C#N)C(O)c1cc(Br)c2c(c1)OCO2. The highest BCUT2D eigenvalue weighted by Gasteiger charge is 2.34. The van der Waals surface area contributed by atoms with Gasteiger partial charge in [0.1, 0.15) is 0 Å². The maximum Gasteiger partial charge on any atom is 0.231 e. The van der Waals surface area contributed by atoms with Crippen LogP contribution >= 0.6 is 15.9 Å². The number of benzene rings is 1. The van der Waals surface area contributed by atoms with Gasteiger partial charge < -0.3 is 14.6 Å². The third kappa shape index (κ3) is 2.06. The highest BCUT2D eigenvalue weighted by Crippen LogP contribution is 2.44. The molecule has 0 spiro atoms. The molecule has 0 aromatic heterocycles. The second-order valence-electron chi connectivity index (χ2n) is 4.52. The number of hydrogen-bond donors (Lipinski definition) is 1. The largest absolute Gasteiger partial charge is 0.454 e. The van der Waals surface area contributed by atoms with Crippen molar-refractivity contribution >= 4 is 15.9 Å². The lowest BCUT2D eigenvalue weighted by molar-refractivity contribution is 0.0720. The van der Waals surface area contributed by atoms with Crippen LogP contribution in [0, 0.1) is 16.7 Å². The van der Waals surface area contributed by atoms with Crippen LogP contribution in [-0.2, 0) is 0 Å². The Kier molecular flexibility index (Phi) is 3.51. The van der Waals surface area contributed by atoms with E-state index in [0.29, 0.717) is 23.5 Å². The molecular formula is C13H14BrNO3. The average molecular weight is 312 g/mol. The zero-order valence-corrected chi connectivity index (χ0v) is 11.8. The van der Waals surface area contributed by atoms with E-state index in [4.69, 9.17) is 9.47 Å². The summed E-state index contributed by atoms with van der Waals surface area (Å²) in [5.41, 5.74) is -0.162. The lowest BCUT2D eigenvalue weighted by Gasteiger charge is -2.26. The van der Waals surface area contributed by atoms with Crippen LogP contribution in [0.15, 0.2) is 16.6 Å². The highest BCUT2D eigenvalue weighted by molar-refractivity contribution is 9.10. The smallest absolute Gasteiger partial charge is 0.231 e. The molecule has 18 heavy (non-hydrogen) atoms. The normalized spacial score (nSPS) is 17.9. The average Bonchev–Trinajstić information content (AvgIpc) is 2.85. The van der Waals surface area contributed by atoms with Crippen LogP contribution in [0.2, 0.25) is 0 Å².